The number of hydrogen-bond donors (Lipinski definition) is 1. The van der Waals surface area contributed by atoms with Crippen molar-refractivity contribution in [3.63, 3.8) is 0 Å². The molecule has 0 saturated carbocycles. The van der Waals surface area contributed by atoms with Crippen LogP contribution in [0.5, 0.6) is 5.75 Å². The first-order valence-corrected chi connectivity index (χ1v) is 15.0. The molecule has 208 valence electrons. The minimum absolute atomic E-state index is 0.00969. The summed E-state index contributed by atoms with van der Waals surface area (Å²) in [6, 6.07) is 18.4. The molecule has 10 nitrogen and oxygen atoms in total. The molecule has 0 aliphatic carbocycles. The van der Waals surface area contributed by atoms with E-state index in [1.54, 1.807) is 18.2 Å². The van der Waals surface area contributed by atoms with E-state index in [4.69, 9.17) is 9.47 Å². The maximum Gasteiger partial charge on any atom is 0.264 e. The van der Waals surface area contributed by atoms with Crippen molar-refractivity contribution in [2.45, 2.75) is 9.79 Å². The van der Waals surface area contributed by atoms with Crippen molar-refractivity contribution in [1.29, 1.82) is 0 Å². The van der Waals surface area contributed by atoms with Gasteiger partial charge in [0.15, 0.2) is 0 Å². The van der Waals surface area contributed by atoms with Crippen LogP contribution in [0.3, 0.4) is 0 Å². The summed E-state index contributed by atoms with van der Waals surface area (Å²) in [5, 5.41) is 2.61. The lowest BCUT2D eigenvalue weighted by Gasteiger charge is -2.26. The molecule has 4 rings (SSSR count). The first kappa shape index (κ1) is 28.5. The molecule has 0 radical (unpaired) electrons. The third kappa shape index (κ3) is 7.12. The highest BCUT2D eigenvalue weighted by atomic mass is 32.2. The molecule has 1 fully saturated rings. The SMILES string of the molecule is O=C(CN(c1ccc(F)cc1)S(=O)(=O)c1ccccc1)NCCOc1ccc(S(=O)(=O)N2CCOCC2)cc1. The Labute approximate surface area is 227 Å². The highest BCUT2D eigenvalue weighted by Crippen LogP contribution is 2.24. The zero-order chi connectivity index (χ0) is 27.9. The molecule has 0 aromatic heterocycles. The van der Waals surface area contributed by atoms with E-state index in [1.807, 2.05) is 0 Å². The van der Waals surface area contributed by atoms with E-state index >= 15 is 0 Å². The molecule has 0 spiro atoms. The summed E-state index contributed by atoms with van der Waals surface area (Å²) in [6.45, 7) is 0.893. The van der Waals surface area contributed by atoms with Gasteiger partial charge in [0.1, 0.15) is 24.7 Å². The van der Waals surface area contributed by atoms with Crippen LogP contribution in [-0.4, -0.2) is 73.0 Å². The molecular formula is C26H28FN3O7S2. The number of nitrogens with zero attached hydrogens (tertiary/aromatic N) is 2. The Morgan fingerprint density at radius 1 is 0.897 bits per heavy atom. The third-order valence-electron chi connectivity index (χ3n) is 5.86. The smallest absolute Gasteiger partial charge is 0.264 e. The number of rotatable bonds is 11. The summed E-state index contributed by atoms with van der Waals surface area (Å²) < 4.78 is 78.4. The van der Waals surface area contributed by atoms with Crippen LogP contribution in [0, 0.1) is 5.82 Å². The summed E-state index contributed by atoms with van der Waals surface area (Å²) in [4.78, 5) is 12.8. The maximum absolute atomic E-state index is 13.4. The van der Waals surface area contributed by atoms with Gasteiger partial charge in [-0.05, 0) is 60.7 Å². The van der Waals surface area contributed by atoms with Gasteiger partial charge in [-0.3, -0.25) is 9.10 Å². The van der Waals surface area contributed by atoms with Gasteiger partial charge in [0, 0.05) is 13.1 Å². The zero-order valence-corrected chi connectivity index (χ0v) is 22.5. The zero-order valence-electron chi connectivity index (χ0n) is 20.9. The predicted octanol–water partition coefficient (Wildman–Crippen LogP) is 2.24. The fraction of sp³-hybridized carbons (Fsp3) is 0.269. The van der Waals surface area contributed by atoms with Gasteiger partial charge in [0.25, 0.3) is 10.0 Å². The van der Waals surface area contributed by atoms with E-state index in [-0.39, 0.29) is 28.6 Å². The first-order chi connectivity index (χ1) is 18.7. The molecular weight excluding hydrogens is 549 g/mol. The predicted molar refractivity (Wildman–Crippen MR) is 142 cm³/mol. The molecule has 1 aliphatic rings. The van der Waals surface area contributed by atoms with Crippen molar-refractivity contribution in [1.82, 2.24) is 9.62 Å². The molecule has 3 aromatic rings. The summed E-state index contributed by atoms with van der Waals surface area (Å²) >= 11 is 0. The van der Waals surface area contributed by atoms with Crippen molar-refractivity contribution < 1.29 is 35.5 Å². The second-order valence-corrected chi connectivity index (χ2v) is 12.3. The third-order valence-corrected chi connectivity index (χ3v) is 9.56. The van der Waals surface area contributed by atoms with Gasteiger partial charge in [0.2, 0.25) is 15.9 Å². The number of benzene rings is 3. The van der Waals surface area contributed by atoms with Crippen LogP contribution in [0.4, 0.5) is 10.1 Å². The molecule has 39 heavy (non-hydrogen) atoms. The van der Waals surface area contributed by atoms with E-state index < -0.39 is 38.3 Å². The van der Waals surface area contributed by atoms with Crippen LogP contribution in [-0.2, 0) is 29.6 Å². The van der Waals surface area contributed by atoms with Crippen molar-refractivity contribution in [3.05, 3.63) is 84.7 Å². The molecule has 1 heterocycles. The van der Waals surface area contributed by atoms with Crippen LogP contribution in [0.25, 0.3) is 0 Å². The van der Waals surface area contributed by atoms with Crippen LogP contribution in [0.15, 0.2) is 88.7 Å². The van der Waals surface area contributed by atoms with Gasteiger partial charge in [0.05, 0.1) is 35.2 Å². The minimum atomic E-state index is -4.10. The molecule has 0 unspecified atom stereocenters. The number of carbonyl (C=O) groups is 1. The van der Waals surface area contributed by atoms with Crippen molar-refractivity contribution >= 4 is 31.6 Å². The molecule has 1 saturated heterocycles. The van der Waals surface area contributed by atoms with E-state index in [1.165, 1.54) is 52.8 Å². The molecule has 0 atom stereocenters. The molecule has 3 aromatic carbocycles. The van der Waals surface area contributed by atoms with E-state index in [2.05, 4.69) is 5.32 Å². The van der Waals surface area contributed by atoms with Gasteiger partial charge in [-0.15, -0.1) is 0 Å². The van der Waals surface area contributed by atoms with Crippen molar-refractivity contribution in [2.75, 3.05) is 50.3 Å². The average Bonchev–Trinajstić information content (AvgIpc) is 2.96. The Hall–Kier alpha value is -3.52. The first-order valence-electron chi connectivity index (χ1n) is 12.1. The number of amides is 1. The molecule has 0 bridgehead atoms. The number of nitrogens with one attached hydrogen (secondary N) is 1. The number of sulfonamides is 2. The molecule has 1 N–H and O–H groups in total. The maximum atomic E-state index is 13.4. The van der Waals surface area contributed by atoms with Gasteiger partial charge < -0.3 is 14.8 Å². The van der Waals surface area contributed by atoms with Gasteiger partial charge in [-0.25, -0.2) is 21.2 Å². The number of carbonyl (C=O) groups excluding carboxylic acids is 1. The van der Waals surface area contributed by atoms with E-state index in [9.17, 15) is 26.0 Å². The highest BCUT2D eigenvalue weighted by molar-refractivity contribution is 7.92. The van der Waals surface area contributed by atoms with Gasteiger partial charge in [-0.2, -0.15) is 4.31 Å². The number of morpholine rings is 1. The Balaban J connectivity index is 1.33. The minimum Gasteiger partial charge on any atom is -0.492 e. The number of anilines is 1. The number of ether oxygens (including phenoxy) is 2. The molecule has 13 heteroatoms. The fourth-order valence-electron chi connectivity index (χ4n) is 3.83. The van der Waals surface area contributed by atoms with Crippen LogP contribution in [0.1, 0.15) is 0 Å². The highest BCUT2D eigenvalue weighted by Gasteiger charge is 2.28. The molecule has 1 amide bonds. The Bertz CT molecular complexity index is 1460. The number of hydrogen-bond acceptors (Lipinski definition) is 7. The second kappa shape index (κ2) is 12.6. The summed E-state index contributed by atoms with van der Waals surface area (Å²) in [7, 11) is -7.72. The Kier molecular flexibility index (Phi) is 9.17. The summed E-state index contributed by atoms with van der Waals surface area (Å²) in [6.07, 6.45) is 0. The lowest BCUT2D eigenvalue weighted by molar-refractivity contribution is -0.119. The van der Waals surface area contributed by atoms with Crippen LogP contribution >= 0.6 is 0 Å². The van der Waals surface area contributed by atoms with Gasteiger partial charge in [-0.1, -0.05) is 18.2 Å². The van der Waals surface area contributed by atoms with Crippen molar-refractivity contribution in [2.24, 2.45) is 0 Å². The second-order valence-electron chi connectivity index (χ2n) is 8.49. The van der Waals surface area contributed by atoms with Crippen LogP contribution in [0.2, 0.25) is 0 Å². The average molecular weight is 578 g/mol. The largest absolute Gasteiger partial charge is 0.492 e. The Morgan fingerprint density at radius 2 is 1.54 bits per heavy atom. The molecule has 1 aliphatic heterocycles. The lowest BCUT2D eigenvalue weighted by atomic mass is 10.3. The van der Waals surface area contributed by atoms with Crippen molar-refractivity contribution in [3.8, 4) is 5.75 Å². The van der Waals surface area contributed by atoms with E-state index in [0.717, 1.165) is 16.4 Å². The Morgan fingerprint density at radius 3 is 2.18 bits per heavy atom. The fourth-order valence-corrected chi connectivity index (χ4v) is 6.68. The van der Waals surface area contributed by atoms with E-state index in [0.29, 0.717) is 32.1 Å². The lowest BCUT2D eigenvalue weighted by Crippen LogP contribution is -2.41. The standard InChI is InChI=1S/C26H28FN3O7S2/c27-21-6-8-22(9-7-21)30(39(34,35)24-4-2-1-3-5-24)20-26(31)28-14-17-37-23-10-12-25(13-11-23)38(32,33)29-15-18-36-19-16-29/h1-13H,14-20H2,(H,28,31). The summed E-state index contributed by atoms with van der Waals surface area (Å²) in [5.74, 6) is -0.719. The normalized spacial score (nSPS) is 14.5. The number of halogens is 1. The topological polar surface area (TPSA) is 122 Å². The van der Waals surface area contributed by atoms with Crippen LogP contribution < -0.4 is 14.4 Å². The summed E-state index contributed by atoms with van der Waals surface area (Å²) in [5.41, 5.74) is 0.138. The monoisotopic (exact) mass is 577 g/mol. The van der Waals surface area contributed by atoms with Gasteiger partial charge >= 0.3 is 0 Å². The quantitative estimate of drug-likeness (QED) is 0.347.